The van der Waals surface area contributed by atoms with Crippen LogP contribution in [0.2, 0.25) is 0 Å². The molecule has 0 saturated heterocycles. The number of nitrogens with two attached hydrogens (primary N) is 1. The molecule has 1 aliphatic carbocycles. The SMILES string of the molecule is COc1ccc([C@@H]2C(C#N)=C(N)C(C#N)(C#N)C3=CCN(C(C)C)C[C@@H]32)c(OC)c1. The van der Waals surface area contributed by atoms with Crippen molar-refractivity contribution < 1.29 is 9.47 Å². The average molecular weight is 403 g/mol. The molecule has 2 N–H and O–H groups in total. The maximum Gasteiger partial charge on any atom is 0.204 e. The number of hydrogen-bond acceptors (Lipinski definition) is 7. The Bertz CT molecular complexity index is 1020. The molecule has 1 heterocycles. The van der Waals surface area contributed by atoms with E-state index in [1.165, 1.54) is 0 Å². The number of hydrogen-bond donors (Lipinski definition) is 1. The first-order chi connectivity index (χ1) is 14.4. The van der Waals surface area contributed by atoms with Crippen LogP contribution in [0.15, 0.2) is 41.1 Å². The molecule has 154 valence electrons. The molecular formula is C23H25N5O2. The molecule has 0 spiro atoms. The van der Waals surface area contributed by atoms with Crippen LogP contribution in [0.3, 0.4) is 0 Å². The second-order valence-corrected chi connectivity index (χ2v) is 7.81. The Morgan fingerprint density at radius 3 is 2.40 bits per heavy atom. The van der Waals surface area contributed by atoms with Gasteiger partial charge >= 0.3 is 0 Å². The van der Waals surface area contributed by atoms with E-state index in [0.717, 1.165) is 5.56 Å². The molecular weight excluding hydrogens is 378 g/mol. The monoisotopic (exact) mass is 403 g/mol. The summed E-state index contributed by atoms with van der Waals surface area (Å²) in [4.78, 5) is 2.26. The third-order valence-corrected chi connectivity index (χ3v) is 6.18. The Balaban J connectivity index is 2.31. The average Bonchev–Trinajstić information content (AvgIpc) is 2.78. The van der Waals surface area contributed by atoms with E-state index in [4.69, 9.17) is 15.2 Å². The van der Waals surface area contributed by atoms with E-state index >= 15 is 0 Å². The third kappa shape index (κ3) is 3.07. The van der Waals surface area contributed by atoms with Gasteiger partial charge in [-0.3, -0.25) is 4.90 Å². The summed E-state index contributed by atoms with van der Waals surface area (Å²) in [6.07, 6.45) is 1.94. The van der Waals surface area contributed by atoms with Crippen LogP contribution >= 0.6 is 0 Å². The van der Waals surface area contributed by atoms with Crippen LogP contribution in [0.4, 0.5) is 0 Å². The van der Waals surface area contributed by atoms with Crippen LogP contribution in [0.1, 0.15) is 25.3 Å². The molecule has 7 nitrogen and oxygen atoms in total. The number of ether oxygens (including phenoxy) is 2. The van der Waals surface area contributed by atoms with Crippen LogP contribution in [-0.4, -0.2) is 38.3 Å². The molecule has 0 bridgehead atoms. The van der Waals surface area contributed by atoms with Crippen molar-refractivity contribution in [3.8, 4) is 29.7 Å². The zero-order valence-electron chi connectivity index (χ0n) is 17.6. The molecule has 30 heavy (non-hydrogen) atoms. The molecule has 7 heteroatoms. The minimum absolute atomic E-state index is 0.0124. The van der Waals surface area contributed by atoms with Crippen LogP contribution in [0, 0.1) is 45.3 Å². The zero-order valence-corrected chi connectivity index (χ0v) is 17.6. The summed E-state index contributed by atoms with van der Waals surface area (Å²) in [5, 5.41) is 30.0. The van der Waals surface area contributed by atoms with E-state index < -0.39 is 11.3 Å². The number of benzene rings is 1. The summed E-state index contributed by atoms with van der Waals surface area (Å²) < 4.78 is 10.9. The lowest BCUT2D eigenvalue weighted by molar-refractivity contribution is 0.185. The number of fused-ring (bicyclic) bond motifs is 1. The minimum atomic E-state index is -1.63. The molecule has 0 amide bonds. The topological polar surface area (TPSA) is 119 Å². The first kappa shape index (κ1) is 21.2. The van der Waals surface area contributed by atoms with Crippen molar-refractivity contribution in [2.75, 3.05) is 27.3 Å². The molecule has 0 unspecified atom stereocenters. The van der Waals surface area contributed by atoms with E-state index in [9.17, 15) is 15.8 Å². The number of nitrogens with zero attached hydrogens (tertiary/aromatic N) is 4. The quantitative estimate of drug-likeness (QED) is 0.768. The summed E-state index contributed by atoms with van der Waals surface area (Å²) >= 11 is 0. The van der Waals surface area contributed by atoms with Gasteiger partial charge in [0.05, 0.1) is 43.7 Å². The second kappa shape index (κ2) is 8.11. The lowest BCUT2D eigenvalue weighted by atomic mass is 9.59. The van der Waals surface area contributed by atoms with Crippen molar-refractivity contribution in [3.63, 3.8) is 0 Å². The number of nitriles is 3. The van der Waals surface area contributed by atoms with Gasteiger partial charge < -0.3 is 15.2 Å². The van der Waals surface area contributed by atoms with E-state index in [0.29, 0.717) is 30.2 Å². The highest BCUT2D eigenvalue weighted by atomic mass is 16.5. The Hall–Kier alpha value is -3.47. The van der Waals surface area contributed by atoms with Gasteiger partial charge in [-0.15, -0.1) is 0 Å². The van der Waals surface area contributed by atoms with Gasteiger partial charge in [0, 0.05) is 42.6 Å². The zero-order chi connectivity index (χ0) is 22.1. The molecule has 0 fully saturated rings. The van der Waals surface area contributed by atoms with E-state index in [2.05, 4.69) is 37.0 Å². The Morgan fingerprint density at radius 2 is 1.87 bits per heavy atom. The lowest BCUT2D eigenvalue weighted by Gasteiger charge is -2.46. The highest BCUT2D eigenvalue weighted by Gasteiger charge is 2.53. The van der Waals surface area contributed by atoms with Crippen molar-refractivity contribution in [2.45, 2.75) is 25.8 Å². The van der Waals surface area contributed by atoms with Gasteiger partial charge in [0.15, 0.2) is 0 Å². The summed E-state index contributed by atoms with van der Waals surface area (Å²) in [5.74, 6) is 0.513. The Labute approximate surface area is 177 Å². The maximum absolute atomic E-state index is 10.0. The van der Waals surface area contributed by atoms with Crippen molar-refractivity contribution in [2.24, 2.45) is 17.1 Å². The fourth-order valence-corrected chi connectivity index (χ4v) is 4.51. The first-order valence-corrected chi connectivity index (χ1v) is 9.77. The summed E-state index contributed by atoms with van der Waals surface area (Å²) in [6.45, 7) is 5.42. The van der Waals surface area contributed by atoms with Gasteiger partial charge in [0.25, 0.3) is 0 Å². The van der Waals surface area contributed by atoms with Gasteiger partial charge in [-0.1, -0.05) is 12.1 Å². The fraction of sp³-hybridized carbons (Fsp3) is 0.435. The lowest BCUT2D eigenvalue weighted by Crippen LogP contribution is -2.48. The summed E-state index contributed by atoms with van der Waals surface area (Å²) in [7, 11) is 3.14. The summed E-state index contributed by atoms with van der Waals surface area (Å²) in [5.41, 5.74) is 6.44. The molecule has 0 aromatic heterocycles. The molecule has 1 aliphatic heterocycles. The van der Waals surface area contributed by atoms with Gasteiger partial charge in [-0.25, -0.2) is 0 Å². The predicted molar refractivity (Wildman–Crippen MR) is 111 cm³/mol. The molecule has 0 radical (unpaired) electrons. The largest absolute Gasteiger partial charge is 0.497 e. The Morgan fingerprint density at radius 1 is 1.17 bits per heavy atom. The highest BCUT2D eigenvalue weighted by Crippen LogP contribution is 2.54. The maximum atomic E-state index is 10.0. The van der Waals surface area contributed by atoms with E-state index in [1.807, 2.05) is 18.2 Å². The van der Waals surface area contributed by atoms with Crippen LogP contribution in [0.5, 0.6) is 11.5 Å². The first-order valence-electron chi connectivity index (χ1n) is 9.77. The van der Waals surface area contributed by atoms with E-state index in [1.54, 1.807) is 20.3 Å². The Kier molecular flexibility index (Phi) is 5.74. The van der Waals surface area contributed by atoms with Crippen molar-refractivity contribution in [1.29, 1.82) is 15.8 Å². The van der Waals surface area contributed by atoms with Crippen LogP contribution in [-0.2, 0) is 0 Å². The minimum Gasteiger partial charge on any atom is -0.497 e. The van der Waals surface area contributed by atoms with Gasteiger partial charge in [-0.05, 0) is 25.5 Å². The predicted octanol–water partition coefficient (Wildman–Crippen LogP) is 2.84. The van der Waals surface area contributed by atoms with Gasteiger partial charge in [0.2, 0.25) is 5.41 Å². The number of methoxy groups -OCH3 is 2. The molecule has 2 aliphatic rings. The highest BCUT2D eigenvalue weighted by molar-refractivity contribution is 5.60. The van der Waals surface area contributed by atoms with Crippen LogP contribution < -0.4 is 15.2 Å². The molecule has 0 saturated carbocycles. The molecule has 1 aromatic carbocycles. The smallest absolute Gasteiger partial charge is 0.204 e. The van der Waals surface area contributed by atoms with Crippen LogP contribution in [0.25, 0.3) is 0 Å². The number of allylic oxidation sites excluding steroid dienone is 2. The van der Waals surface area contributed by atoms with Crippen molar-refractivity contribution >= 4 is 0 Å². The second-order valence-electron chi connectivity index (χ2n) is 7.81. The third-order valence-electron chi connectivity index (χ3n) is 6.18. The van der Waals surface area contributed by atoms with Crippen molar-refractivity contribution in [1.82, 2.24) is 4.90 Å². The number of rotatable bonds is 4. The molecule has 3 rings (SSSR count). The standard InChI is InChI=1S/C23H25N5O2/c1-14(2)28-8-7-19-18(11-28)21(16-6-5-15(29-3)9-20(16)30-4)17(10-24)22(27)23(19,12-25)13-26/h5-7,9,14,18,21H,8,11,27H2,1-4H3/t18-,21+/m0/s1. The molecule has 1 aromatic rings. The van der Waals surface area contributed by atoms with Crippen molar-refractivity contribution in [3.05, 3.63) is 46.7 Å². The normalized spacial score (nSPS) is 22.9. The fourth-order valence-electron chi connectivity index (χ4n) is 4.51. The van der Waals surface area contributed by atoms with E-state index in [-0.39, 0.29) is 23.2 Å². The molecule has 2 atom stereocenters. The summed E-state index contributed by atoms with van der Waals surface area (Å²) in [6, 6.07) is 12.1. The van der Waals surface area contributed by atoms with Gasteiger partial charge in [0.1, 0.15) is 11.5 Å². The van der Waals surface area contributed by atoms with Gasteiger partial charge in [-0.2, -0.15) is 15.8 Å².